The normalized spacial score (nSPS) is 29.5. The van der Waals surface area contributed by atoms with Gasteiger partial charge in [0.15, 0.2) is 0 Å². The van der Waals surface area contributed by atoms with Gasteiger partial charge in [-0.1, -0.05) is 6.92 Å². The van der Waals surface area contributed by atoms with Crippen LogP contribution in [0.1, 0.15) is 40.0 Å². The Kier molecular flexibility index (Phi) is 3.13. The molecule has 2 atom stereocenters. The summed E-state index contributed by atoms with van der Waals surface area (Å²) in [5.74, 6) is 0. The zero-order chi connectivity index (χ0) is 9.19. The van der Waals surface area contributed by atoms with Crippen molar-refractivity contribution in [3.63, 3.8) is 0 Å². The summed E-state index contributed by atoms with van der Waals surface area (Å²) in [4.78, 5) is 2.52. The number of aliphatic hydroxyl groups is 1. The van der Waals surface area contributed by atoms with Gasteiger partial charge in [-0.25, -0.2) is 0 Å². The van der Waals surface area contributed by atoms with Crippen molar-refractivity contribution >= 4 is 0 Å². The first-order chi connectivity index (χ1) is 5.64. The molecule has 0 aromatic rings. The molecule has 1 saturated heterocycles. The second-order valence-electron chi connectivity index (χ2n) is 4.16. The van der Waals surface area contributed by atoms with Gasteiger partial charge in [0.25, 0.3) is 0 Å². The van der Waals surface area contributed by atoms with Gasteiger partial charge in [-0.15, -0.1) is 0 Å². The third kappa shape index (κ3) is 1.64. The monoisotopic (exact) mass is 171 g/mol. The number of aliphatic hydroxyl groups excluding tert-OH is 1. The molecule has 1 heterocycles. The summed E-state index contributed by atoms with van der Waals surface area (Å²) < 4.78 is 0. The van der Waals surface area contributed by atoms with E-state index in [0.717, 1.165) is 18.9 Å². The van der Waals surface area contributed by atoms with Crippen LogP contribution >= 0.6 is 0 Å². The van der Waals surface area contributed by atoms with Gasteiger partial charge < -0.3 is 5.11 Å². The van der Waals surface area contributed by atoms with Crippen LogP contribution in [0.15, 0.2) is 0 Å². The molecular formula is C10H21NO. The molecule has 0 radical (unpaired) electrons. The average Bonchev–Trinajstić information content (AvgIpc) is 2.02. The van der Waals surface area contributed by atoms with Gasteiger partial charge >= 0.3 is 0 Å². The molecule has 1 N–H and O–H groups in total. The maximum atomic E-state index is 8.96. The molecule has 72 valence electrons. The Balaban J connectivity index is 2.52. The molecule has 2 unspecified atom stereocenters. The van der Waals surface area contributed by atoms with E-state index < -0.39 is 0 Å². The molecule has 0 aromatic heterocycles. The first kappa shape index (κ1) is 10.0. The average molecular weight is 171 g/mol. The molecule has 2 heteroatoms. The molecule has 2 nitrogen and oxygen atoms in total. The first-order valence-electron chi connectivity index (χ1n) is 5.01. The lowest BCUT2D eigenvalue weighted by Gasteiger charge is -2.51. The Bertz CT molecular complexity index is 149. The van der Waals surface area contributed by atoms with Crippen molar-refractivity contribution in [1.82, 2.24) is 4.90 Å². The lowest BCUT2D eigenvalue weighted by molar-refractivity contribution is -0.0247. The van der Waals surface area contributed by atoms with Crippen molar-refractivity contribution in [3.8, 4) is 0 Å². The van der Waals surface area contributed by atoms with E-state index in [1.165, 1.54) is 13.0 Å². The van der Waals surface area contributed by atoms with E-state index in [4.69, 9.17) is 5.11 Å². The van der Waals surface area contributed by atoms with E-state index in [2.05, 4.69) is 25.7 Å². The molecule has 0 aromatic carbocycles. The van der Waals surface area contributed by atoms with Gasteiger partial charge in [-0.3, -0.25) is 4.90 Å². The lowest BCUT2D eigenvalue weighted by Crippen LogP contribution is -2.58. The number of rotatable bonds is 4. The predicted octanol–water partition coefficient (Wildman–Crippen LogP) is 1.63. The van der Waals surface area contributed by atoms with Crippen LogP contribution in [0.3, 0.4) is 0 Å². The summed E-state index contributed by atoms with van der Waals surface area (Å²) in [5.41, 5.74) is 0.242. The van der Waals surface area contributed by atoms with E-state index in [0.29, 0.717) is 6.61 Å². The Morgan fingerprint density at radius 1 is 1.58 bits per heavy atom. The van der Waals surface area contributed by atoms with E-state index in [-0.39, 0.29) is 5.54 Å². The zero-order valence-corrected chi connectivity index (χ0v) is 8.51. The molecule has 0 bridgehead atoms. The number of likely N-dealkylation sites (tertiary alicyclic amines) is 1. The van der Waals surface area contributed by atoms with Gasteiger partial charge in [-0.2, -0.15) is 0 Å². The van der Waals surface area contributed by atoms with Crippen molar-refractivity contribution in [3.05, 3.63) is 0 Å². The highest BCUT2D eigenvalue weighted by molar-refractivity contribution is 4.93. The molecule has 12 heavy (non-hydrogen) atoms. The highest BCUT2D eigenvalue weighted by Crippen LogP contribution is 2.32. The summed E-state index contributed by atoms with van der Waals surface area (Å²) >= 11 is 0. The van der Waals surface area contributed by atoms with E-state index in [9.17, 15) is 0 Å². The third-order valence-corrected chi connectivity index (χ3v) is 3.43. The highest BCUT2D eigenvalue weighted by atomic mass is 16.3. The largest absolute Gasteiger partial charge is 0.396 e. The van der Waals surface area contributed by atoms with Gasteiger partial charge in [0, 0.05) is 24.7 Å². The number of hydrogen-bond donors (Lipinski definition) is 1. The van der Waals surface area contributed by atoms with Crippen molar-refractivity contribution in [1.29, 1.82) is 0 Å². The highest BCUT2D eigenvalue weighted by Gasteiger charge is 2.37. The van der Waals surface area contributed by atoms with Crippen LogP contribution in [0.25, 0.3) is 0 Å². The maximum Gasteiger partial charge on any atom is 0.0448 e. The number of hydrogen-bond acceptors (Lipinski definition) is 2. The van der Waals surface area contributed by atoms with Gasteiger partial charge in [0.1, 0.15) is 0 Å². The summed E-state index contributed by atoms with van der Waals surface area (Å²) in [6.45, 7) is 8.27. The van der Waals surface area contributed by atoms with Crippen molar-refractivity contribution < 1.29 is 5.11 Å². The molecule has 1 aliphatic rings. The minimum absolute atomic E-state index is 0.242. The minimum atomic E-state index is 0.242. The fourth-order valence-corrected chi connectivity index (χ4v) is 2.08. The summed E-state index contributed by atoms with van der Waals surface area (Å²) in [5, 5.41) is 8.96. The molecule has 1 aliphatic heterocycles. The summed E-state index contributed by atoms with van der Waals surface area (Å²) in [7, 11) is 0. The fraction of sp³-hybridized carbons (Fsp3) is 1.00. The van der Waals surface area contributed by atoms with Crippen molar-refractivity contribution in [2.45, 2.75) is 51.6 Å². The molecule has 1 rings (SSSR count). The van der Waals surface area contributed by atoms with Crippen molar-refractivity contribution in [2.75, 3.05) is 13.2 Å². The maximum absolute atomic E-state index is 8.96. The minimum Gasteiger partial charge on any atom is -0.396 e. The summed E-state index contributed by atoms with van der Waals surface area (Å²) in [6, 6.07) is 0.724. The van der Waals surface area contributed by atoms with Crippen molar-refractivity contribution in [2.24, 2.45) is 0 Å². The van der Waals surface area contributed by atoms with E-state index in [1.54, 1.807) is 0 Å². The van der Waals surface area contributed by atoms with Crippen LogP contribution in [-0.2, 0) is 0 Å². The second-order valence-corrected chi connectivity index (χ2v) is 4.16. The zero-order valence-electron chi connectivity index (χ0n) is 8.51. The predicted molar refractivity (Wildman–Crippen MR) is 51.2 cm³/mol. The summed E-state index contributed by atoms with van der Waals surface area (Å²) in [6.07, 6.45) is 3.37. The van der Waals surface area contributed by atoms with Crippen LogP contribution in [0.5, 0.6) is 0 Å². The topological polar surface area (TPSA) is 23.5 Å². The Morgan fingerprint density at radius 2 is 2.25 bits per heavy atom. The van der Waals surface area contributed by atoms with Gasteiger partial charge in [0.2, 0.25) is 0 Å². The Morgan fingerprint density at radius 3 is 2.50 bits per heavy atom. The Hall–Kier alpha value is -0.0800. The molecule has 0 spiro atoms. The number of nitrogens with zero attached hydrogens (tertiary/aromatic N) is 1. The Labute approximate surface area is 75.6 Å². The second kappa shape index (κ2) is 3.75. The first-order valence-corrected chi connectivity index (χ1v) is 5.01. The third-order valence-electron chi connectivity index (χ3n) is 3.43. The van der Waals surface area contributed by atoms with Crippen LogP contribution in [0, 0.1) is 0 Å². The molecular weight excluding hydrogens is 150 g/mol. The van der Waals surface area contributed by atoms with E-state index in [1.807, 2.05) is 0 Å². The van der Waals surface area contributed by atoms with Crippen LogP contribution in [0.2, 0.25) is 0 Å². The molecule has 1 fully saturated rings. The fourth-order valence-electron chi connectivity index (χ4n) is 2.08. The van der Waals surface area contributed by atoms with E-state index >= 15 is 0 Å². The van der Waals surface area contributed by atoms with Gasteiger partial charge in [0.05, 0.1) is 0 Å². The SMILES string of the molecule is CCC(C)(CCO)N1CCC1C. The standard InChI is InChI=1S/C10H21NO/c1-4-10(3,6-8-12)11-7-5-9(11)2/h9,12H,4-8H2,1-3H3. The van der Waals surface area contributed by atoms with Crippen LogP contribution < -0.4 is 0 Å². The molecule has 0 saturated carbocycles. The molecule has 0 amide bonds. The quantitative estimate of drug-likeness (QED) is 0.695. The van der Waals surface area contributed by atoms with Gasteiger partial charge in [-0.05, 0) is 33.1 Å². The van der Waals surface area contributed by atoms with Crippen LogP contribution in [-0.4, -0.2) is 34.7 Å². The molecule has 0 aliphatic carbocycles. The lowest BCUT2D eigenvalue weighted by atomic mass is 9.86. The smallest absolute Gasteiger partial charge is 0.0448 e. The van der Waals surface area contributed by atoms with Crippen LogP contribution in [0.4, 0.5) is 0 Å².